The third kappa shape index (κ3) is 3.89. The van der Waals surface area contributed by atoms with Crippen LogP contribution in [0.3, 0.4) is 0 Å². The number of hydrogen-bond donors (Lipinski definition) is 2. The number of halogens is 1. The second-order valence-electron chi connectivity index (χ2n) is 3.99. The monoisotopic (exact) mass is 263 g/mol. The summed E-state index contributed by atoms with van der Waals surface area (Å²) in [6.07, 6.45) is 2.80. The predicted octanol–water partition coefficient (Wildman–Crippen LogP) is 1.96. The quantitative estimate of drug-likeness (QED) is 0.866. The fraction of sp³-hybridized carbons (Fsp3) is 0.231. The van der Waals surface area contributed by atoms with Crippen molar-refractivity contribution in [3.8, 4) is 0 Å². The molecule has 0 saturated heterocycles. The maximum atomic E-state index is 11.7. The van der Waals surface area contributed by atoms with Gasteiger partial charge in [-0.3, -0.25) is 9.89 Å². The van der Waals surface area contributed by atoms with Gasteiger partial charge in [-0.05, 0) is 23.8 Å². The van der Waals surface area contributed by atoms with E-state index in [1.165, 1.54) is 0 Å². The molecule has 0 fully saturated rings. The van der Waals surface area contributed by atoms with Crippen LogP contribution < -0.4 is 5.32 Å². The molecule has 2 aromatic rings. The molecule has 0 saturated carbocycles. The van der Waals surface area contributed by atoms with Gasteiger partial charge in [0, 0.05) is 29.9 Å². The van der Waals surface area contributed by atoms with E-state index in [1.807, 2.05) is 18.2 Å². The van der Waals surface area contributed by atoms with Crippen molar-refractivity contribution in [1.82, 2.24) is 15.5 Å². The van der Waals surface area contributed by atoms with Crippen molar-refractivity contribution in [3.05, 3.63) is 52.8 Å². The van der Waals surface area contributed by atoms with E-state index in [9.17, 15) is 4.79 Å². The normalized spacial score (nSPS) is 10.3. The first-order chi connectivity index (χ1) is 8.74. The SMILES string of the molecule is O=C(Cc1cccc(Cl)c1)NCCc1ccn[nH]1. The number of carbonyl (C=O) groups excluding carboxylic acids is 1. The predicted molar refractivity (Wildman–Crippen MR) is 70.5 cm³/mol. The lowest BCUT2D eigenvalue weighted by atomic mass is 10.1. The molecule has 2 N–H and O–H groups in total. The highest BCUT2D eigenvalue weighted by Crippen LogP contribution is 2.10. The zero-order valence-electron chi connectivity index (χ0n) is 9.82. The zero-order valence-corrected chi connectivity index (χ0v) is 10.6. The minimum atomic E-state index is -0.00298. The van der Waals surface area contributed by atoms with E-state index in [1.54, 1.807) is 18.3 Å². The van der Waals surface area contributed by atoms with Crippen LogP contribution in [0.2, 0.25) is 5.02 Å². The van der Waals surface area contributed by atoms with Crippen molar-refractivity contribution < 1.29 is 4.79 Å². The molecule has 0 unspecified atom stereocenters. The average molecular weight is 264 g/mol. The van der Waals surface area contributed by atoms with E-state index in [0.29, 0.717) is 18.0 Å². The standard InChI is InChI=1S/C13H14ClN3O/c14-11-3-1-2-10(8-11)9-13(18)15-6-4-12-5-7-16-17-12/h1-3,5,7-8H,4,6,9H2,(H,15,18)(H,16,17). The maximum absolute atomic E-state index is 11.7. The third-order valence-electron chi connectivity index (χ3n) is 2.53. The van der Waals surface area contributed by atoms with Crippen molar-refractivity contribution in [1.29, 1.82) is 0 Å². The molecule has 0 spiro atoms. The lowest BCUT2D eigenvalue weighted by Gasteiger charge is -2.04. The number of rotatable bonds is 5. The molecule has 1 amide bonds. The molecule has 0 aliphatic rings. The molecule has 0 aliphatic heterocycles. The van der Waals surface area contributed by atoms with E-state index in [0.717, 1.165) is 17.7 Å². The van der Waals surface area contributed by atoms with E-state index >= 15 is 0 Å². The minimum Gasteiger partial charge on any atom is -0.355 e. The number of hydrogen-bond acceptors (Lipinski definition) is 2. The largest absolute Gasteiger partial charge is 0.355 e. The van der Waals surface area contributed by atoms with Crippen LogP contribution in [0.15, 0.2) is 36.5 Å². The van der Waals surface area contributed by atoms with Gasteiger partial charge in [-0.15, -0.1) is 0 Å². The maximum Gasteiger partial charge on any atom is 0.224 e. The number of H-pyrrole nitrogens is 1. The Labute approximate surface area is 110 Å². The summed E-state index contributed by atoms with van der Waals surface area (Å²) in [4.78, 5) is 11.7. The molecule has 0 atom stereocenters. The Balaban J connectivity index is 1.75. The summed E-state index contributed by atoms with van der Waals surface area (Å²) < 4.78 is 0. The van der Waals surface area contributed by atoms with Crippen molar-refractivity contribution in [2.45, 2.75) is 12.8 Å². The van der Waals surface area contributed by atoms with Gasteiger partial charge in [0.25, 0.3) is 0 Å². The fourth-order valence-corrected chi connectivity index (χ4v) is 1.87. The van der Waals surface area contributed by atoms with Gasteiger partial charge < -0.3 is 5.32 Å². The van der Waals surface area contributed by atoms with Crippen molar-refractivity contribution in [2.24, 2.45) is 0 Å². The molecule has 94 valence electrons. The number of aromatic nitrogens is 2. The van der Waals surface area contributed by atoms with Gasteiger partial charge in [-0.2, -0.15) is 5.10 Å². The number of aromatic amines is 1. The molecule has 18 heavy (non-hydrogen) atoms. The van der Waals surface area contributed by atoms with Crippen LogP contribution in [0.5, 0.6) is 0 Å². The van der Waals surface area contributed by atoms with Gasteiger partial charge >= 0.3 is 0 Å². The van der Waals surface area contributed by atoms with Gasteiger partial charge in [0.2, 0.25) is 5.91 Å². The molecule has 0 aliphatic carbocycles. The highest BCUT2D eigenvalue weighted by Gasteiger charge is 2.03. The highest BCUT2D eigenvalue weighted by molar-refractivity contribution is 6.30. The summed E-state index contributed by atoms with van der Waals surface area (Å²) >= 11 is 5.86. The summed E-state index contributed by atoms with van der Waals surface area (Å²) in [6.45, 7) is 0.599. The Morgan fingerprint density at radius 1 is 1.39 bits per heavy atom. The number of carbonyl (C=O) groups is 1. The van der Waals surface area contributed by atoms with Crippen LogP contribution in [-0.2, 0) is 17.6 Å². The second kappa shape index (κ2) is 6.21. The molecular weight excluding hydrogens is 250 g/mol. The molecule has 2 rings (SSSR count). The van der Waals surface area contributed by atoms with Crippen molar-refractivity contribution >= 4 is 17.5 Å². The Morgan fingerprint density at radius 3 is 3.00 bits per heavy atom. The van der Waals surface area contributed by atoms with E-state index in [-0.39, 0.29) is 5.91 Å². The molecule has 1 aromatic heterocycles. The van der Waals surface area contributed by atoms with Crippen molar-refractivity contribution in [3.63, 3.8) is 0 Å². The Hall–Kier alpha value is -1.81. The van der Waals surface area contributed by atoms with E-state index in [4.69, 9.17) is 11.6 Å². The smallest absolute Gasteiger partial charge is 0.224 e. The van der Waals surface area contributed by atoms with Crippen LogP contribution in [-0.4, -0.2) is 22.6 Å². The molecule has 5 heteroatoms. The first kappa shape index (κ1) is 12.6. The first-order valence-corrected chi connectivity index (χ1v) is 6.11. The van der Waals surface area contributed by atoms with Crippen LogP contribution in [0, 0.1) is 0 Å². The number of amides is 1. The summed E-state index contributed by atoms with van der Waals surface area (Å²) in [6, 6.07) is 9.22. The summed E-state index contributed by atoms with van der Waals surface area (Å²) in [5, 5.41) is 10.2. The fourth-order valence-electron chi connectivity index (χ4n) is 1.66. The molecule has 0 bridgehead atoms. The molecule has 4 nitrogen and oxygen atoms in total. The number of nitrogens with one attached hydrogen (secondary N) is 2. The molecule has 1 aromatic carbocycles. The summed E-state index contributed by atoms with van der Waals surface area (Å²) in [5.41, 5.74) is 1.93. The second-order valence-corrected chi connectivity index (χ2v) is 4.42. The molecule has 1 heterocycles. The van der Waals surface area contributed by atoms with Gasteiger partial charge in [0.1, 0.15) is 0 Å². The average Bonchev–Trinajstić information content (AvgIpc) is 2.82. The first-order valence-electron chi connectivity index (χ1n) is 5.73. The van der Waals surface area contributed by atoms with Gasteiger partial charge in [-0.25, -0.2) is 0 Å². The zero-order chi connectivity index (χ0) is 12.8. The van der Waals surface area contributed by atoms with Crippen LogP contribution >= 0.6 is 11.6 Å². The summed E-state index contributed by atoms with van der Waals surface area (Å²) in [5.74, 6) is -0.00298. The Bertz CT molecular complexity index is 511. The number of nitrogens with zero attached hydrogens (tertiary/aromatic N) is 1. The van der Waals surface area contributed by atoms with Gasteiger partial charge in [0.15, 0.2) is 0 Å². The summed E-state index contributed by atoms with van der Waals surface area (Å²) in [7, 11) is 0. The lowest BCUT2D eigenvalue weighted by Crippen LogP contribution is -2.27. The highest BCUT2D eigenvalue weighted by atomic mass is 35.5. The van der Waals surface area contributed by atoms with Crippen molar-refractivity contribution in [2.75, 3.05) is 6.54 Å². The van der Waals surface area contributed by atoms with Gasteiger partial charge in [-0.1, -0.05) is 23.7 Å². The lowest BCUT2D eigenvalue weighted by molar-refractivity contribution is -0.120. The number of benzene rings is 1. The van der Waals surface area contributed by atoms with Crippen LogP contribution in [0.25, 0.3) is 0 Å². The third-order valence-corrected chi connectivity index (χ3v) is 2.76. The van der Waals surface area contributed by atoms with E-state index < -0.39 is 0 Å². The topological polar surface area (TPSA) is 57.8 Å². The minimum absolute atomic E-state index is 0.00298. The molecular formula is C13H14ClN3O. The van der Waals surface area contributed by atoms with Crippen LogP contribution in [0.1, 0.15) is 11.3 Å². The Kier molecular flexibility index (Phi) is 4.36. The van der Waals surface area contributed by atoms with E-state index in [2.05, 4.69) is 15.5 Å². The Morgan fingerprint density at radius 2 is 2.28 bits per heavy atom. The molecule has 0 radical (unpaired) electrons. The van der Waals surface area contributed by atoms with Crippen LogP contribution in [0.4, 0.5) is 0 Å². The van der Waals surface area contributed by atoms with Gasteiger partial charge in [0.05, 0.1) is 6.42 Å².